The van der Waals surface area contributed by atoms with Crippen molar-refractivity contribution in [1.82, 2.24) is 0 Å². The zero-order chi connectivity index (χ0) is 4.12. The van der Waals surface area contributed by atoms with Crippen LogP contribution in [0.5, 0.6) is 0 Å². The first-order valence-electron chi connectivity index (χ1n) is 1.99. The van der Waals surface area contributed by atoms with Crippen LogP contribution in [-0.2, 0) is 4.74 Å². The van der Waals surface area contributed by atoms with E-state index in [0.29, 0.717) is 0 Å². The Morgan fingerprint density at radius 2 is 1.43 bits per heavy atom. The number of ether oxygens (including phenoxy) is 1. The second-order valence-electron chi connectivity index (χ2n) is 0.781. The van der Waals surface area contributed by atoms with Gasteiger partial charge in [-0.3, -0.25) is 0 Å². The molecule has 0 amide bonds. The summed E-state index contributed by atoms with van der Waals surface area (Å²) in [6.07, 6.45) is 0. The molecule has 0 heterocycles. The van der Waals surface area contributed by atoms with Crippen LogP contribution in [0.2, 0.25) is 0 Å². The molecule has 40 valence electrons. The minimum absolute atomic E-state index is 0. The summed E-state index contributed by atoms with van der Waals surface area (Å²) >= 11 is 0. The van der Waals surface area contributed by atoms with Crippen molar-refractivity contribution < 1.29 is 47.6 Å². The molecule has 0 aliphatic rings. The molecule has 0 saturated heterocycles. The molecule has 0 radical (unpaired) electrons. The van der Waals surface area contributed by atoms with E-state index in [0.717, 1.165) is 13.2 Å². The summed E-state index contributed by atoms with van der Waals surface area (Å²) in [6.45, 7) is 5.67. The van der Waals surface area contributed by atoms with Crippen LogP contribution in [0.15, 0.2) is 0 Å². The van der Waals surface area contributed by atoms with Gasteiger partial charge in [0.15, 0.2) is 0 Å². The molecule has 1 nitrogen and oxygen atoms in total. The van der Waals surface area contributed by atoms with E-state index in [4.69, 9.17) is 4.74 Å². The number of hydrogen-bond donors (Lipinski definition) is 0. The summed E-state index contributed by atoms with van der Waals surface area (Å²) in [6, 6.07) is 0. The second-order valence-corrected chi connectivity index (χ2v) is 0.781. The van der Waals surface area contributed by atoms with Gasteiger partial charge in [-0.15, -0.1) is 0 Å². The third-order valence-electron chi connectivity index (χ3n) is 0.408. The Kier molecular flexibility index (Phi) is 35.2. The van der Waals surface area contributed by atoms with E-state index >= 15 is 0 Å². The Morgan fingerprint density at radius 3 is 1.43 bits per heavy atom. The molecule has 0 aliphatic heterocycles. The molecule has 7 heavy (non-hydrogen) atoms. The Hall–Kier alpha value is 1.29. The number of rotatable bonds is 2. The van der Waals surface area contributed by atoms with Gasteiger partial charge in [-0.05, 0) is 13.8 Å². The topological polar surface area (TPSA) is 9.23 Å². The molecule has 3 heteroatoms. The van der Waals surface area contributed by atoms with Crippen LogP contribution in [0, 0.1) is 0 Å². The van der Waals surface area contributed by atoms with Crippen molar-refractivity contribution in [2.45, 2.75) is 13.8 Å². The average Bonchev–Trinajstić information content (AvgIpc) is 1.41. The summed E-state index contributed by atoms with van der Waals surface area (Å²) in [4.78, 5) is 0. The first-order chi connectivity index (χ1) is 2.41. The molecule has 0 aliphatic carbocycles. The van der Waals surface area contributed by atoms with Gasteiger partial charge in [0, 0.05) is 13.2 Å². The molecule has 0 aromatic rings. The van der Waals surface area contributed by atoms with Crippen molar-refractivity contribution in [1.29, 1.82) is 0 Å². The van der Waals surface area contributed by atoms with Crippen molar-refractivity contribution in [2.24, 2.45) is 0 Å². The number of hydrogen-bond acceptors (Lipinski definition) is 1. The molecular formula is C4H10ILiO. The van der Waals surface area contributed by atoms with Gasteiger partial charge in [-0.25, -0.2) is 0 Å². The summed E-state index contributed by atoms with van der Waals surface area (Å²) in [7, 11) is 0. The van der Waals surface area contributed by atoms with Crippen molar-refractivity contribution in [2.75, 3.05) is 13.2 Å². The van der Waals surface area contributed by atoms with E-state index < -0.39 is 0 Å². The van der Waals surface area contributed by atoms with Gasteiger partial charge in [-0.1, -0.05) is 0 Å². The van der Waals surface area contributed by atoms with E-state index in [1.54, 1.807) is 0 Å². The molecule has 0 bridgehead atoms. The van der Waals surface area contributed by atoms with E-state index in [1.165, 1.54) is 0 Å². The Morgan fingerprint density at radius 1 is 1.14 bits per heavy atom. The quantitative estimate of drug-likeness (QED) is 0.326. The monoisotopic (exact) mass is 208 g/mol. The van der Waals surface area contributed by atoms with Crippen LogP contribution < -0.4 is 42.8 Å². The van der Waals surface area contributed by atoms with Gasteiger partial charge in [0.1, 0.15) is 0 Å². The smallest absolute Gasteiger partial charge is 1.00 e. The fourth-order valence-corrected chi connectivity index (χ4v) is 0.204. The predicted octanol–water partition coefficient (Wildman–Crippen LogP) is -4.95. The molecule has 0 N–H and O–H groups in total. The summed E-state index contributed by atoms with van der Waals surface area (Å²) in [5.41, 5.74) is 0. The predicted molar refractivity (Wildman–Crippen MR) is 22.2 cm³/mol. The molecule has 0 saturated carbocycles. The van der Waals surface area contributed by atoms with Gasteiger partial charge in [0.2, 0.25) is 0 Å². The van der Waals surface area contributed by atoms with Crippen molar-refractivity contribution in [3.63, 3.8) is 0 Å². The first-order valence-corrected chi connectivity index (χ1v) is 1.99. The molecule has 0 rings (SSSR count). The Labute approximate surface area is 74.4 Å². The second kappa shape index (κ2) is 15.7. The van der Waals surface area contributed by atoms with E-state index in [-0.39, 0.29) is 42.8 Å². The van der Waals surface area contributed by atoms with Crippen LogP contribution in [0.25, 0.3) is 0 Å². The average molecular weight is 208 g/mol. The number of halogens is 1. The van der Waals surface area contributed by atoms with Crippen LogP contribution in [-0.4, -0.2) is 13.2 Å². The minimum atomic E-state index is 0. The van der Waals surface area contributed by atoms with Gasteiger partial charge < -0.3 is 28.7 Å². The normalized spacial score (nSPS) is 6.00. The maximum absolute atomic E-state index is 4.83. The zero-order valence-corrected chi connectivity index (χ0v) is 7.36. The van der Waals surface area contributed by atoms with Gasteiger partial charge >= 0.3 is 18.9 Å². The maximum atomic E-state index is 4.83. The van der Waals surface area contributed by atoms with E-state index in [1.807, 2.05) is 13.8 Å². The first kappa shape index (κ1) is 15.7. The molecule has 0 atom stereocenters. The van der Waals surface area contributed by atoms with Crippen molar-refractivity contribution >= 4 is 0 Å². The molecule has 0 unspecified atom stereocenters. The fourth-order valence-electron chi connectivity index (χ4n) is 0.204. The summed E-state index contributed by atoms with van der Waals surface area (Å²) in [5.74, 6) is 0. The summed E-state index contributed by atoms with van der Waals surface area (Å²) in [5, 5.41) is 0. The SMILES string of the molecule is CCOCC.[I-].[Li+]. The van der Waals surface area contributed by atoms with Crippen LogP contribution in [0.4, 0.5) is 0 Å². The zero-order valence-electron chi connectivity index (χ0n) is 5.20. The van der Waals surface area contributed by atoms with Gasteiger partial charge in [-0.2, -0.15) is 0 Å². The van der Waals surface area contributed by atoms with E-state index in [2.05, 4.69) is 0 Å². The minimum Gasteiger partial charge on any atom is -1.00 e. The van der Waals surface area contributed by atoms with Gasteiger partial charge in [0.05, 0.1) is 0 Å². The molecule has 0 spiro atoms. The van der Waals surface area contributed by atoms with Crippen LogP contribution in [0.3, 0.4) is 0 Å². The van der Waals surface area contributed by atoms with Crippen molar-refractivity contribution in [3.05, 3.63) is 0 Å². The third kappa shape index (κ3) is 18.9. The maximum Gasteiger partial charge on any atom is 1.00 e. The van der Waals surface area contributed by atoms with Gasteiger partial charge in [0.25, 0.3) is 0 Å². The van der Waals surface area contributed by atoms with Crippen LogP contribution in [0.1, 0.15) is 13.8 Å². The molecular weight excluding hydrogens is 198 g/mol. The Bertz CT molecular complexity index is 19.2. The van der Waals surface area contributed by atoms with Crippen molar-refractivity contribution in [3.8, 4) is 0 Å². The largest absolute Gasteiger partial charge is 1.00 e. The molecule has 0 aromatic heterocycles. The fraction of sp³-hybridized carbons (Fsp3) is 1.00. The molecule has 0 aromatic carbocycles. The van der Waals surface area contributed by atoms with E-state index in [9.17, 15) is 0 Å². The third-order valence-corrected chi connectivity index (χ3v) is 0.408. The summed E-state index contributed by atoms with van der Waals surface area (Å²) < 4.78 is 4.83. The molecule has 0 fully saturated rings. The van der Waals surface area contributed by atoms with Crippen LogP contribution >= 0.6 is 0 Å². The Balaban J connectivity index is -0.0000000800. The standard InChI is InChI=1S/C4H10O.HI.Li/c1-3-5-4-2;;/h3-4H2,1-2H3;1H;/q;;+1/p-1.